The van der Waals surface area contributed by atoms with E-state index in [9.17, 15) is 4.79 Å². The first kappa shape index (κ1) is 22.8. The molecule has 2 N–H and O–H groups in total. The molecule has 3 aromatic rings. The Labute approximate surface area is 195 Å². The van der Waals surface area contributed by atoms with Gasteiger partial charge < -0.3 is 15.2 Å². The number of piperidine rings is 1. The normalized spacial score (nSPS) is 15.7. The third-order valence-electron chi connectivity index (χ3n) is 6.68. The third-order valence-corrected chi connectivity index (χ3v) is 6.68. The molecule has 0 aliphatic carbocycles. The van der Waals surface area contributed by atoms with E-state index < -0.39 is 5.41 Å². The van der Waals surface area contributed by atoms with Crippen LogP contribution in [-0.2, 0) is 17.8 Å². The molecule has 1 amide bonds. The molecule has 1 saturated heterocycles. The number of benzene rings is 2. The predicted octanol–water partition coefficient (Wildman–Crippen LogP) is 4.08. The first-order valence-electron chi connectivity index (χ1n) is 11.3. The van der Waals surface area contributed by atoms with Crippen molar-refractivity contribution in [3.63, 3.8) is 0 Å². The van der Waals surface area contributed by atoms with Crippen molar-refractivity contribution in [3.05, 3.63) is 78.1 Å². The van der Waals surface area contributed by atoms with E-state index in [-0.39, 0.29) is 5.91 Å². The van der Waals surface area contributed by atoms with E-state index >= 15 is 0 Å². The van der Waals surface area contributed by atoms with Crippen LogP contribution < -0.4 is 15.2 Å². The van der Waals surface area contributed by atoms with Crippen LogP contribution in [0.3, 0.4) is 0 Å². The van der Waals surface area contributed by atoms with Gasteiger partial charge in [-0.1, -0.05) is 30.3 Å². The summed E-state index contributed by atoms with van der Waals surface area (Å²) in [7, 11) is 3.34. The van der Waals surface area contributed by atoms with Crippen LogP contribution in [0.5, 0.6) is 11.5 Å². The number of amides is 1. The zero-order chi connectivity index (χ0) is 23.3. The van der Waals surface area contributed by atoms with Gasteiger partial charge in [0.15, 0.2) is 0 Å². The van der Waals surface area contributed by atoms with Crippen molar-refractivity contribution < 1.29 is 14.3 Å². The number of carbonyl (C=O) groups excluding carboxylic acids is 1. The summed E-state index contributed by atoms with van der Waals surface area (Å²) in [5, 5.41) is 0. The van der Waals surface area contributed by atoms with Gasteiger partial charge in [-0.15, -0.1) is 0 Å². The lowest BCUT2D eigenvalue weighted by Crippen LogP contribution is -2.48. The molecule has 1 aliphatic heterocycles. The van der Waals surface area contributed by atoms with Crippen molar-refractivity contribution in [2.45, 2.75) is 25.8 Å². The van der Waals surface area contributed by atoms with Crippen molar-refractivity contribution in [2.24, 2.45) is 11.1 Å². The fourth-order valence-corrected chi connectivity index (χ4v) is 4.68. The van der Waals surface area contributed by atoms with Crippen molar-refractivity contribution in [2.75, 3.05) is 27.3 Å². The highest BCUT2D eigenvalue weighted by molar-refractivity contribution is 5.81. The number of hydrogen-bond acceptors (Lipinski definition) is 5. The third kappa shape index (κ3) is 5.17. The van der Waals surface area contributed by atoms with Crippen molar-refractivity contribution >= 4 is 5.91 Å². The lowest BCUT2D eigenvalue weighted by molar-refractivity contribution is -0.130. The topological polar surface area (TPSA) is 77.7 Å². The van der Waals surface area contributed by atoms with E-state index in [1.165, 1.54) is 0 Å². The van der Waals surface area contributed by atoms with Gasteiger partial charge in [0, 0.05) is 24.5 Å². The van der Waals surface area contributed by atoms with Crippen LogP contribution in [0.25, 0.3) is 11.1 Å². The van der Waals surface area contributed by atoms with Gasteiger partial charge in [-0.2, -0.15) is 0 Å². The summed E-state index contributed by atoms with van der Waals surface area (Å²) < 4.78 is 10.9. The van der Waals surface area contributed by atoms with Crippen molar-refractivity contribution in [1.29, 1.82) is 0 Å². The SMILES string of the molecule is COc1ccc(OC)c(CN2CCC(Cc3cccc(-c4cccnc4)c3)(C(N)=O)CC2)c1. The average molecular weight is 446 g/mol. The van der Waals surface area contributed by atoms with Gasteiger partial charge >= 0.3 is 0 Å². The standard InChI is InChI=1S/C27H31N3O3/c1-32-24-8-9-25(33-2)23(16-24)19-30-13-10-27(11-14-30,26(28)31)17-20-5-3-6-21(15-20)22-7-4-12-29-18-22/h3-9,12,15-16,18H,10-11,13-14,17,19H2,1-2H3,(H2,28,31). The second kappa shape index (κ2) is 10.0. The molecule has 0 bridgehead atoms. The summed E-state index contributed by atoms with van der Waals surface area (Å²) in [5.74, 6) is 1.44. The molecule has 33 heavy (non-hydrogen) atoms. The average Bonchev–Trinajstić information content (AvgIpc) is 2.86. The number of hydrogen-bond donors (Lipinski definition) is 1. The molecule has 0 unspecified atom stereocenters. The molecule has 172 valence electrons. The maximum Gasteiger partial charge on any atom is 0.224 e. The Morgan fingerprint density at radius 2 is 1.82 bits per heavy atom. The smallest absolute Gasteiger partial charge is 0.224 e. The van der Waals surface area contributed by atoms with Gasteiger partial charge in [0.05, 0.1) is 19.6 Å². The Kier molecular flexibility index (Phi) is 6.94. The molecule has 2 heterocycles. The van der Waals surface area contributed by atoms with Crippen molar-refractivity contribution in [1.82, 2.24) is 9.88 Å². The summed E-state index contributed by atoms with van der Waals surface area (Å²) in [6, 6.07) is 18.2. The van der Waals surface area contributed by atoms with Crippen molar-refractivity contribution in [3.8, 4) is 22.6 Å². The zero-order valence-electron chi connectivity index (χ0n) is 19.3. The highest BCUT2D eigenvalue weighted by atomic mass is 16.5. The fraction of sp³-hybridized carbons (Fsp3) is 0.333. The highest BCUT2D eigenvalue weighted by Gasteiger charge is 2.40. The quantitative estimate of drug-likeness (QED) is 0.565. The summed E-state index contributed by atoms with van der Waals surface area (Å²) in [5.41, 5.74) is 9.80. The second-order valence-electron chi connectivity index (χ2n) is 8.72. The summed E-state index contributed by atoms with van der Waals surface area (Å²) in [4.78, 5) is 19.2. The van der Waals surface area contributed by atoms with Crippen LogP contribution in [0.1, 0.15) is 24.0 Å². The van der Waals surface area contributed by atoms with Gasteiger partial charge in [0.25, 0.3) is 0 Å². The molecule has 0 radical (unpaired) electrons. The first-order valence-corrected chi connectivity index (χ1v) is 11.3. The number of rotatable bonds is 8. The molecule has 4 rings (SSSR count). The van der Waals surface area contributed by atoms with Gasteiger partial charge in [-0.3, -0.25) is 14.7 Å². The molecule has 0 saturated carbocycles. The second-order valence-corrected chi connectivity index (χ2v) is 8.72. The van der Waals surface area contributed by atoms with Crippen LogP contribution in [0.2, 0.25) is 0 Å². The number of primary amides is 1. The van der Waals surface area contributed by atoms with Gasteiger partial charge in [-0.25, -0.2) is 0 Å². The minimum absolute atomic E-state index is 0.215. The maximum absolute atomic E-state index is 12.6. The Morgan fingerprint density at radius 3 is 2.48 bits per heavy atom. The predicted molar refractivity (Wildman–Crippen MR) is 129 cm³/mol. The van der Waals surface area contributed by atoms with E-state index in [1.807, 2.05) is 42.6 Å². The van der Waals surface area contributed by atoms with E-state index in [0.29, 0.717) is 6.42 Å². The Morgan fingerprint density at radius 1 is 1.03 bits per heavy atom. The number of methoxy groups -OCH3 is 2. The maximum atomic E-state index is 12.6. The Bertz CT molecular complexity index is 1090. The summed E-state index contributed by atoms with van der Waals surface area (Å²) >= 11 is 0. The lowest BCUT2D eigenvalue weighted by atomic mass is 9.73. The van der Waals surface area contributed by atoms with Crippen LogP contribution in [0, 0.1) is 5.41 Å². The monoisotopic (exact) mass is 445 g/mol. The molecular weight excluding hydrogens is 414 g/mol. The fourth-order valence-electron chi connectivity index (χ4n) is 4.68. The molecule has 1 aromatic heterocycles. The van der Waals surface area contributed by atoms with E-state index in [2.05, 4.69) is 28.1 Å². The Hall–Kier alpha value is -3.38. The lowest BCUT2D eigenvalue weighted by Gasteiger charge is -2.40. The molecule has 6 heteroatoms. The number of ether oxygens (including phenoxy) is 2. The number of nitrogens with two attached hydrogens (primary N) is 1. The molecule has 1 aliphatic rings. The number of pyridine rings is 1. The van der Waals surface area contributed by atoms with Gasteiger partial charge in [-0.05, 0) is 73.3 Å². The Balaban J connectivity index is 1.47. The number of carbonyl (C=O) groups is 1. The van der Waals surface area contributed by atoms with Gasteiger partial charge in [0.1, 0.15) is 11.5 Å². The highest BCUT2D eigenvalue weighted by Crippen LogP contribution is 2.37. The number of likely N-dealkylation sites (tertiary alicyclic amines) is 1. The molecule has 2 aromatic carbocycles. The molecule has 1 fully saturated rings. The van der Waals surface area contributed by atoms with Crippen LogP contribution >= 0.6 is 0 Å². The first-order chi connectivity index (χ1) is 16.0. The number of nitrogens with zero attached hydrogens (tertiary/aromatic N) is 2. The molecule has 0 spiro atoms. The summed E-state index contributed by atoms with van der Waals surface area (Å²) in [6.07, 6.45) is 5.73. The minimum atomic E-state index is -0.539. The van der Waals surface area contributed by atoms with E-state index in [4.69, 9.17) is 15.2 Å². The molecule has 0 atom stereocenters. The van der Waals surface area contributed by atoms with E-state index in [1.54, 1.807) is 20.4 Å². The van der Waals surface area contributed by atoms with Crippen LogP contribution in [0.15, 0.2) is 67.0 Å². The largest absolute Gasteiger partial charge is 0.497 e. The molecular formula is C27H31N3O3. The van der Waals surface area contributed by atoms with E-state index in [0.717, 1.165) is 66.2 Å². The molecule has 6 nitrogen and oxygen atoms in total. The minimum Gasteiger partial charge on any atom is -0.497 e. The van der Waals surface area contributed by atoms with Crippen LogP contribution in [-0.4, -0.2) is 43.1 Å². The summed E-state index contributed by atoms with van der Waals surface area (Å²) in [6.45, 7) is 2.34. The zero-order valence-corrected chi connectivity index (χ0v) is 19.3. The van der Waals surface area contributed by atoms with Crippen LogP contribution in [0.4, 0.5) is 0 Å². The van der Waals surface area contributed by atoms with Gasteiger partial charge in [0.2, 0.25) is 5.91 Å². The number of aromatic nitrogens is 1.